The van der Waals surface area contributed by atoms with E-state index < -0.39 is 5.97 Å². The minimum Gasteiger partial charge on any atom is -0.478 e. The van der Waals surface area contributed by atoms with Gasteiger partial charge in [0, 0.05) is 34.3 Å². The van der Waals surface area contributed by atoms with Crippen LogP contribution in [0.4, 0.5) is 0 Å². The van der Waals surface area contributed by atoms with Crippen LogP contribution in [-0.4, -0.2) is 28.0 Å². The molecule has 0 atom stereocenters. The lowest BCUT2D eigenvalue weighted by molar-refractivity contribution is -0.131. The van der Waals surface area contributed by atoms with Crippen LogP contribution in [0.3, 0.4) is 0 Å². The second-order valence-corrected chi connectivity index (χ2v) is 6.05. The summed E-state index contributed by atoms with van der Waals surface area (Å²) >= 11 is 3.21. The van der Waals surface area contributed by atoms with Crippen LogP contribution in [-0.2, 0) is 17.9 Å². The van der Waals surface area contributed by atoms with Crippen molar-refractivity contribution in [2.24, 2.45) is 0 Å². The van der Waals surface area contributed by atoms with Gasteiger partial charge in [0.1, 0.15) is 0 Å². The Morgan fingerprint density at radius 3 is 3.00 bits per heavy atom. The van der Waals surface area contributed by atoms with Crippen LogP contribution in [0, 0.1) is 0 Å². The fraction of sp³-hybridized carbons (Fsp3) is 0.231. The topological polar surface area (TPSA) is 53.4 Å². The summed E-state index contributed by atoms with van der Waals surface area (Å²) in [4.78, 5) is 19.0. The van der Waals surface area contributed by atoms with Gasteiger partial charge in [0.2, 0.25) is 0 Å². The van der Waals surface area contributed by atoms with E-state index in [0.717, 1.165) is 29.7 Å². The molecule has 0 saturated heterocycles. The van der Waals surface area contributed by atoms with E-state index in [1.165, 1.54) is 4.88 Å². The number of rotatable bonds is 6. The molecule has 4 nitrogen and oxygen atoms in total. The number of hydrogen-bond donors (Lipinski definition) is 1. The Bertz CT molecular complexity index is 561. The van der Waals surface area contributed by atoms with Gasteiger partial charge in [-0.3, -0.25) is 4.90 Å². The van der Waals surface area contributed by atoms with Crippen molar-refractivity contribution in [2.75, 3.05) is 7.05 Å². The molecule has 0 unspecified atom stereocenters. The highest BCUT2D eigenvalue weighted by Crippen LogP contribution is 2.20. The maximum absolute atomic E-state index is 10.4. The molecule has 0 aliphatic carbocycles. The fourth-order valence-corrected chi connectivity index (χ4v) is 3.18. The molecular formula is C13H14N2O2S2. The monoisotopic (exact) mass is 294 g/mol. The smallest absolute Gasteiger partial charge is 0.328 e. The Hall–Kier alpha value is -1.50. The molecule has 0 radical (unpaired) electrons. The van der Waals surface area contributed by atoms with Gasteiger partial charge < -0.3 is 5.11 Å². The van der Waals surface area contributed by atoms with Crippen LogP contribution >= 0.6 is 22.7 Å². The van der Waals surface area contributed by atoms with Crippen LogP contribution in [0.15, 0.2) is 29.1 Å². The molecule has 2 aromatic rings. The van der Waals surface area contributed by atoms with E-state index in [0.29, 0.717) is 0 Å². The molecule has 0 bridgehead atoms. The first-order chi connectivity index (χ1) is 9.13. The standard InChI is InChI=1S/C13H14N2O2S2/c1-15(6-10-8-18-9-14-10)7-12-3-2-11(19-12)4-5-13(16)17/h2-5,8-9H,6-7H2,1H3,(H,16,17). The molecule has 19 heavy (non-hydrogen) atoms. The normalized spacial score (nSPS) is 11.5. The number of carboxylic acids is 1. The summed E-state index contributed by atoms with van der Waals surface area (Å²) < 4.78 is 0. The number of carboxylic acid groups (broad SMARTS) is 1. The zero-order valence-corrected chi connectivity index (χ0v) is 12.1. The van der Waals surface area contributed by atoms with E-state index in [1.54, 1.807) is 28.7 Å². The lowest BCUT2D eigenvalue weighted by atomic mass is 10.3. The number of aromatic nitrogens is 1. The summed E-state index contributed by atoms with van der Waals surface area (Å²) in [5.41, 5.74) is 2.92. The van der Waals surface area contributed by atoms with Crippen LogP contribution in [0.25, 0.3) is 6.08 Å². The van der Waals surface area contributed by atoms with Gasteiger partial charge in [0.05, 0.1) is 11.2 Å². The molecule has 0 aliphatic heterocycles. The van der Waals surface area contributed by atoms with Crippen LogP contribution in [0.1, 0.15) is 15.4 Å². The zero-order valence-electron chi connectivity index (χ0n) is 10.4. The minimum atomic E-state index is -0.921. The van der Waals surface area contributed by atoms with Gasteiger partial charge in [0.25, 0.3) is 0 Å². The van der Waals surface area contributed by atoms with Gasteiger partial charge in [0.15, 0.2) is 0 Å². The lowest BCUT2D eigenvalue weighted by Crippen LogP contribution is -2.16. The van der Waals surface area contributed by atoms with Gasteiger partial charge in [-0.2, -0.15) is 0 Å². The molecule has 6 heteroatoms. The first-order valence-corrected chi connectivity index (χ1v) is 7.45. The Kier molecular flexibility index (Phi) is 4.84. The number of thiophene rings is 1. The number of nitrogens with zero attached hydrogens (tertiary/aromatic N) is 2. The Labute approximate surface area is 119 Å². The molecular weight excluding hydrogens is 280 g/mol. The van der Waals surface area contributed by atoms with Gasteiger partial charge in [-0.15, -0.1) is 22.7 Å². The molecule has 2 aromatic heterocycles. The summed E-state index contributed by atoms with van der Waals surface area (Å²) in [6.07, 6.45) is 2.78. The highest BCUT2D eigenvalue weighted by molar-refractivity contribution is 7.12. The van der Waals surface area contributed by atoms with Crippen LogP contribution in [0.5, 0.6) is 0 Å². The van der Waals surface area contributed by atoms with Gasteiger partial charge >= 0.3 is 5.97 Å². The molecule has 1 N–H and O–H groups in total. The largest absolute Gasteiger partial charge is 0.478 e. The van der Waals surface area contributed by atoms with Crippen molar-refractivity contribution in [3.8, 4) is 0 Å². The molecule has 2 heterocycles. The van der Waals surface area contributed by atoms with Crippen molar-refractivity contribution in [2.45, 2.75) is 13.1 Å². The first-order valence-electron chi connectivity index (χ1n) is 5.69. The predicted molar refractivity (Wildman–Crippen MR) is 78.3 cm³/mol. The Balaban J connectivity index is 1.90. The number of carbonyl (C=O) groups is 1. The lowest BCUT2D eigenvalue weighted by Gasteiger charge is -2.13. The molecule has 0 aromatic carbocycles. The van der Waals surface area contributed by atoms with E-state index in [9.17, 15) is 4.79 Å². The number of hydrogen-bond acceptors (Lipinski definition) is 5. The van der Waals surface area contributed by atoms with Crippen molar-refractivity contribution in [1.29, 1.82) is 0 Å². The number of aliphatic carboxylic acids is 1. The SMILES string of the molecule is CN(Cc1cscn1)Cc1ccc(C=CC(=O)O)s1. The molecule has 0 amide bonds. The van der Waals surface area contributed by atoms with Crippen molar-refractivity contribution in [1.82, 2.24) is 9.88 Å². The molecule has 100 valence electrons. The zero-order chi connectivity index (χ0) is 13.7. The highest BCUT2D eigenvalue weighted by atomic mass is 32.1. The molecule has 2 rings (SSSR count). The summed E-state index contributed by atoms with van der Waals surface area (Å²) in [5.74, 6) is -0.921. The van der Waals surface area contributed by atoms with Crippen molar-refractivity contribution >= 4 is 34.7 Å². The maximum Gasteiger partial charge on any atom is 0.328 e. The molecule has 0 saturated carbocycles. The average molecular weight is 294 g/mol. The van der Waals surface area contributed by atoms with E-state index >= 15 is 0 Å². The van der Waals surface area contributed by atoms with Crippen molar-refractivity contribution in [3.05, 3.63) is 44.5 Å². The quantitative estimate of drug-likeness (QED) is 0.832. The van der Waals surface area contributed by atoms with Crippen molar-refractivity contribution in [3.63, 3.8) is 0 Å². The van der Waals surface area contributed by atoms with Gasteiger partial charge in [-0.1, -0.05) is 0 Å². The summed E-state index contributed by atoms with van der Waals surface area (Å²) in [6, 6.07) is 3.97. The van der Waals surface area contributed by atoms with Gasteiger partial charge in [-0.05, 0) is 25.3 Å². The molecule has 0 fully saturated rings. The molecule has 0 spiro atoms. The predicted octanol–water partition coefficient (Wildman–Crippen LogP) is 2.93. The van der Waals surface area contributed by atoms with E-state index in [2.05, 4.69) is 9.88 Å². The van der Waals surface area contributed by atoms with E-state index in [4.69, 9.17) is 5.11 Å². The van der Waals surface area contributed by atoms with E-state index in [-0.39, 0.29) is 0 Å². The summed E-state index contributed by atoms with van der Waals surface area (Å²) in [7, 11) is 2.05. The van der Waals surface area contributed by atoms with Crippen LogP contribution < -0.4 is 0 Å². The number of thiazole rings is 1. The minimum absolute atomic E-state index is 0.821. The van der Waals surface area contributed by atoms with Crippen LogP contribution in [0.2, 0.25) is 0 Å². The second kappa shape index (κ2) is 6.60. The summed E-state index contributed by atoms with van der Waals surface area (Å²) in [5, 5.41) is 10.6. The first kappa shape index (κ1) is 13.9. The third-order valence-electron chi connectivity index (χ3n) is 2.41. The fourth-order valence-electron chi connectivity index (χ4n) is 1.64. The molecule has 0 aliphatic rings. The van der Waals surface area contributed by atoms with Crippen molar-refractivity contribution < 1.29 is 9.90 Å². The average Bonchev–Trinajstić information content (AvgIpc) is 2.98. The Morgan fingerprint density at radius 2 is 2.32 bits per heavy atom. The third kappa shape index (κ3) is 4.59. The summed E-state index contributed by atoms with van der Waals surface area (Å²) in [6.45, 7) is 1.66. The third-order valence-corrected chi connectivity index (χ3v) is 4.08. The van der Waals surface area contributed by atoms with E-state index in [1.807, 2.05) is 30.1 Å². The highest BCUT2D eigenvalue weighted by Gasteiger charge is 2.05. The second-order valence-electron chi connectivity index (χ2n) is 4.13. The van der Waals surface area contributed by atoms with Gasteiger partial charge in [-0.25, -0.2) is 9.78 Å². The Morgan fingerprint density at radius 1 is 1.47 bits per heavy atom. The maximum atomic E-state index is 10.4.